The van der Waals surface area contributed by atoms with Gasteiger partial charge in [0, 0.05) is 49.4 Å². The first-order chi connectivity index (χ1) is 14.2. The maximum atomic E-state index is 11.1. The lowest BCUT2D eigenvalue weighted by Gasteiger charge is -2.13. The Kier molecular flexibility index (Phi) is 9.46. The van der Waals surface area contributed by atoms with Gasteiger partial charge in [0.1, 0.15) is 12.4 Å². The van der Waals surface area contributed by atoms with Gasteiger partial charge >= 0.3 is 0 Å². The molecule has 7 nitrogen and oxygen atoms in total. The van der Waals surface area contributed by atoms with E-state index in [0.29, 0.717) is 18.9 Å². The average molecular weight is 521 g/mol. The second-order valence-corrected chi connectivity index (χ2v) is 6.59. The van der Waals surface area contributed by atoms with Gasteiger partial charge in [0.15, 0.2) is 5.96 Å². The van der Waals surface area contributed by atoms with E-state index < -0.39 is 0 Å². The maximum Gasteiger partial charge on any atom is 0.221 e. The van der Waals surface area contributed by atoms with Crippen LogP contribution in [0.3, 0.4) is 0 Å². The summed E-state index contributed by atoms with van der Waals surface area (Å²) in [6.45, 7) is 3.35. The Balaban J connectivity index is 0.00000320. The molecule has 1 aromatic heterocycles. The number of carbonyl (C=O) groups is 1. The molecule has 1 heterocycles. The molecule has 0 saturated carbocycles. The number of halogens is 1. The number of aliphatic imine (C=N–C) groups is 1. The number of amides is 1. The summed E-state index contributed by atoms with van der Waals surface area (Å²) in [5.74, 6) is 1.34. The van der Waals surface area contributed by atoms with Crippen molar-refractivity contribution in [2.45, 2.75) is 13.3 Å². The Bertz CT molecular complexity index is 986. The van der Waals surface area contributed by atoms with Gasteiger partial charge in [-0.05, 0) is 30.2 Å². The number of hydrogen-bond donors (Lipinski definition) is 4. The molecule has 0 spiro atoms. The molecule has 0 unspecified atom stereocenters. The van der Waals surface area contributed by atoms with E-state index in [2.05, 4.69) is 50.3 Å². The smallest absolute Gasteiger partial charge is 0.221 e. The van der Waals surface area contributed by atoms with Gasteiger partial charge < -0.3 is 25.7 Å². The van der Waals surface area contributed by atoms with Gasteiger partial charge in [0.2, 0.25) is 5.91 Å². The molecule has 1 amide bonds. The Morgan fingerprint density at radius 1 is 1.10 bits per heavy atom. The highest BCUT2D eigenvalue weighted by Gasteiger charge is 2.04. The summed E-state index contributed by atoms with van der Waals surface area (Å²) in [4.78, 5) is 18.7. The van der Waals surface area contributed by atoms with Crippen LogP contribution in [-0.4, -0.2) is 43.6 Å². The van der Waals surface area contributed by atoms with Crippen LogP contribution >= 0.6 is 24.0 Å². The fraction of sp³-hybridized carbons (Fsp3) is 0.273. The Hall–Kier alpha value is -2.75. The number of H-pyrrole nitrogens is 1. The molecular weight excluding hydrogens is 493 g/mol. The molecule has 8 heteroatoms. The fourth-order valence-corrected chi connectivity index (χ4v) is 3.08. The number of hydrogen-bond acceptors (Lipinski definition) is 3. The molecule has 0 radical (unpaired) electrons. The maximum absolute atomic E-state index is 11.1. The lowest BCUT2D eigenvalue weighted by Crippen LogP contribution is -2.40. The third-order valence-electron chi connectivity index (χ3n) is 4.40. The Morgan fingerprint density at radius 2 is 1.90 bits per heavy atom. The first-order valence-corrected chi connectivity index (χ1v) is 9.65. The van der Waals surface area contributed by atoms with Crippen molar-refractivity contribution in [3.63, 3.8) is 0 Å². The van der Waals surface area contributed by atoms with Crippen molar-refractivity contribution < 1.29 is 9.53 Å². The minimum atomic E-state index is -0.105. The summed E-state index contributed by atoms with van der Waals surface area (Å²) in [6, 6.07) is 15.6. The summed E-state index contributed by atoms with van der Waals surface area (Å²) in [7, 11) is 1.75. The first kappa shape index (κ1) is 23.5. The Morgan fingerprint density at radius 3 is 2.70 bits per heavy atom. The minimum absolute atomic E-state index is 0. The minimum Gasteiger partial charge on any atom is -0.492 e. The molecule has 30 heavy (non-hydrogen) atoms. The van der Waals surface area contributed by atoms with Gasteiger partial charge in [-0.15, -0.1) is 24.0 Å². The van der Waals surface area contributed by atoms with Crippen LogP contribution in [-0.2, 0) is 11.2 Å². The molecule has 0 atom stereocenters. The highest BCUT2D eigenvalue weighted by Crippen LogP contribution is 2.18. The van der Waals surface area contributed by atoms with Crippen molar-refractivity contribution in [3.05, 3.63) is 60.3 Å². The zero-order valence-corrected chi connectivity index (χ0v) is 19.5. The summed E-state index contributed by atoms with van der Waals surface area (Å²) in [6.07, 6.45) is 2.96. The molecule has 160 valence electrons. The van der Waals surface area contributed by atoms with Crippen molar-refractivity contribution >= 4 is 52.4 Å². The highest BCUT2D eigenvalue weighted by molar-refractivity contribution is 14.0. The third kappa shape index (κ3) is 6.94. The number of guanidine groups is 1. The van der Waals surface area contributed by atoms with Crippen molar-refractivity contribution in [3.8, 4) is 5.75 Å². The van der Waals surface area contributed by atoms with Gasteiger partial charge in [0.05, 0.1) is 6.54 Å². The van der Waals surface area contributed by atoms with Crippen LogP contribution in [0.25, 0.3) is 10.9 Å². The molecule has 0 aliphatic carbocycles. The number of anilines is 1. The largest absolute Gasteiger partial charge is 0.492 e. The lowest BCUT2D eigenvalue weighted by molar-refractivity contribution is -0.114. The molecule has 0 aliphatic heterocycles. The van der Waals surface area contributed by atoms with Gasteiger partial charge in [-0.3, -0.25) is 9.79 Å². The van der Waals surface area contributed by atoms with Gasteiger partial charge in [-0.25, -0.2) is 0 Å². The van der Waals surface area contributed by atoms with Crippen LogP contribution in [0.1, 0.15) is 12.5 Å². The number of ether oxygens (including phenoxy) is 1. The van der Waals surface area contributed by atoms with E-state index >= 15 is 0 Å². The van der Waals surface area contributed by atoms with Crippen molar-refractivity contribution in [1.82, 2.24) is 15.6 Å². The van der Waals surface area contributed by atoms with E-state index in [-0.39, 0.29) is 29.9 Å². The highest BCUT2D eigenvalue weighted by atomic mass is 127. The van der Waals surface area contributed by atoms with E-state index in [9.17, 15) is 4.79 Å². The second-order valence-electron chi connectivity index (χ2n) is 6.59. The molecule has 4 N–H and O–H groups in total. The summed E-state index contributed by atoms with van der Waals surface area (Å²) >= 11 is 0. The monoisotopic (exact) mass is 521 g/mol. The van der Waals surface area contributed by atoms with E-state index in [0.717, 1.165) is 30.1 Å². The SMILES string of the molecule is CN=C(NCCOc1cccc(NC(C)=O)c1)NCCc1c[nH]c2ccccc12.I. The summed E-state index contributed by atoms with van der Waals surface area (Å²) in [5, 5.41) is 10.6. The van der Waals surface area contributed by atoms with Crippen molar-refractivity contribution in [2.24, 2.45) is 4.99 Å². The van der Waals surface area contributed by atoms with Crippen molar-refractivity contribution in [2.75, 3.05) is 32.1 Å². The van der Waals surface area contributed by atoms with Crippen LogP contribution in [0.4, 0.5) is 5.69 Å². The first-order valence-electron chi connectivity index (χ1n) is 9.65. The quantitative estimate of drug-likeness (QED) is 0.158. The summed E-state index contributed by atoms with van der Waals surface area (Å²) < 4.78 is 5.73. The molecule has 0 aliphatic rings. The van der Waals surface area contributed by atoms with Crippen LogP contribution < -0.4 is 20.7 Å². The number of aromatic amines is 1. The van der Waals surface area contributed by atoms with Crippen LogP contribution in [0.15, 0.2) is 59.7 Å². The molecule has 0 bridgehead atoms. The number of rotatable bonds is 8. The standard InChI is InChI=1S/C22H27N5O2.HI/c1-16(28)27-18-6-5-7-19(14-18)29-13-12-25-22(23-2)24-11-10-17-15-26-21-9-4-3-8-20(17)21;/h3-9,14-15,26H,10-13H2,1-2H3,(H,27,28)(H2,23,24,25);1H. The Labute approximate surface area is 193 Å². The fourth-order valence-electron chi connectivity index (χ4n) is 3.08. The zero-order chi connectivity index (χ0) is 20.5. The molecule has 0 fully saturated rings. The topological polar surface area (TPSA) is 90.5 Å². The molecule has 3 rings (SSSR count). The van der Waals surface area contributed by atoms with Crippen LogP contribution in [0.5, 0.6) is 5.75 Å². The predicted molar refractivity (Wildman–Crippen MR) is 133 cm³/mol. The summed E-state index contributed by atoms with van der Waals surface area (Å²) in [5.41, 5.74) is 3.16. The van der Waals surface area contributed by atoms with Crippen LogP contribution in [0.2, 0.25) is 0 Å². The molecule has 0 saturated heterocycles. The number of carbonyl (C=O) groups excluding carboxylic acids is 1. The number of para-hydroxylation sites is 1. The van der Waals surface area contributed by atoms with E-state index in [1.54, 1.807) is 13.1 Å². The van der Waals surface area contributed by atoms with Gasteiger partial charge in [-0.1, -0.05) is 24.3 Å². The number of nitrogens with one attached hydrogen (secondary N) is 4. The predicted octanol–water partition coefficient (Wildman–Crippen LogP) is 3.53. The lowest BCUT2D eigenvalue weighted by atomic mass is 10.1. The second kappa shape index (κ2) is 12.1. The van der Waals surface area contributed by atoms with Gasteiger partial charge in [-0.2, -0.15) is 0 Å². The van der Waals surface area contributed by atoms with E-state index in [1.807, 2.05) is 24.3 Å². The molecular formula is C22H28IN5O2. The zero-order valence-electron chi connectivity index (χ0n) is 17.2. The van der Waals surface area contributed by atoms with Crippen molar-refractivity contribution in [1.29, 1.82) is 0 Å². The van der Waals surface area contributed by atoms with Gasteiger partial charge in [0.25, 0.3) is 0 Å². The molecule has 2 aromatic carbocycles. The van der Waals surface area contributed by atoms with Crippen LogP contribution in [0, 0.1) is 0 Å². The number of fused-ring (bicyclic) bond motifs is 1. The normalized spacial score (nSPS) is 10.9. The number of aromatic nitrogens is 1. The molecule has 3 aromatic rings. The third-order valence-corrected chi connectivity index (χ3v) is 4.40. The number of nitrogens with zero attached hydrogens (tertiary/aromatic N) is 1. The van der Waals surface area contributed by atoms with E-state index in [4.69, 9.17) is 4.74 Å². The number of benzene rings is 2. The van der Waals surface area contributed by atoms with E-state index in [1.165, 1.54) is 17.9 Å². The average Bonchev–Trinajstić information content (AvgIpc) is 3.13.